The van der Waals surface area contributed by atoms with Crippen LogP contribution in [0.1, 0.15) is 68.2 Å². The Morgan fingerprint density at radius 1 is 1.03 bits per heavy atom. The zero-order chi connectivity index (χ0) is 21.4. The predicted octanol–water partition coefficient (Wildman–Crippen LogP) is 6.02. The van der Waals surface area contributed by atoms with Gasteiger partial charge in [0.2, 0.25) is 0 Å². The fourth-order valence-corrected chi connectivity index (χ4v) is 5.66. The minimum atomic E-state index is 0.461. The molecule has 5 rings (SSSR count). The number of aryl methyl sites for hydroxylation is 1. The van der Waals surface area contributed by atoms with Crippen LogP contribution in [0.2, 0.25) is 0 Å². The highest BCUT2D eigenvalue weighted by atomic mass is 16.5. The van der Waals surface area contributed by atoms with E-state index >= 15 is 0 Å². The molecule has 4 heteroatoms. The van der Waals surface area contributed by atoms with E-state index in [9.17, 15) is 0 Å². The first-order chi connectivity index (χ1) is 15.1. The highest BCUT2D eigenvalue weighted by molar-refractivity contribution is 5.92. The quantitative estimate of drug-likeness (QED) is 0.564. The van der Waals surface area contributed by atoms with E-state index in [1.807, 2.05) is 6.20 Å². The fourth-order valence-electron chi connectivity index (χ4n) is 5.66. The molecule has 0 amide bonds. The molecule has 2 aromatic heterocycles. The van der Waals surface area contributed by atoms with Gasteiger partial charge in [0.25, 0.3) is 0 Å². The van der Waals surface area contributed by atoms with Crippen LogP contribution in [0.5, 0.6) is 0 Å². The number of ether oxygens (including phenoxy) is 1. The van der Waals surface area contributed by atoms with Crippen LogP contribution in [0.4, 0.5) is 0 Å². The SMILES string of the molecule is Cc1cc(-c2[nH]c3ccc(C4CCN(C5CCOCC5)CC4)cc3c2C(C)C)ccn1. The van der Waals surface area contributed by atoms with E-state index in [1.54, 1.807) is 0 Å². The molecule has 1 aromatic carbocycles. The molecule has 164 valence electrons. The van der Waals surface area contributed by atoms with Crippen molar-refractivity contribution in [2.75, 3.05) is 26.3 Å². The van der Waals surface area contributed by atoms with Gasteiger partial charge in [0.15, 0.2) is 0 Å². The first-order valence-corrected chi connectivity index (χ1v) is 12.0. The Balaban J connectivity index is 1.41. The highest BCUT2D eigenvalue weighted by Gasteiger charge is 2.27. The fraction of sp³-hybridized carbons (Fsp3) is 0.519. The second-order valence-electron chi connectivity index (χ2n) is 9.71. The van der Waals surface area contributed by atoms with Gasteiger partial charge in [-0.1, -0.05) is 19.9 Å². The van der Waals surface area contributed by atoms with E-state index in [2.05, 4.69) is 66.0 Å². The molecule has 0 atom stereocenters. The van der Waals surface area contributed by atoms with Crippen molar-refractivity contribution >= 4 is 10.9 Å². The molecule has 31 heavy (non-hydrogen) atoms. The number of rotatable bonds is 4. The van der Waals surface area contributed by atoms with Gasteiger partial charge in [-0.15, -0.1) is 0 Å². The number of hydrogen-bond acceptors (Lipinski definition) is 3. The normalized spacial score (nSPS) is 19.5. The minimum absolute atomic E-state index is 0.461. The summed E-state index contributed by atoms with van der Waals surface area (Å²) >= 11 is 0. The predicted molar refractivity (Wildman–Crippen MR) is 128 cm³/mol. The van der Waals surface area contributed by atoms with Crippen molar-refractivity contribution in [2.24, 2.45) is 0 Å². The molecular weight excluding hydrogens is 382 g/mol. The molecule has 1 N–H and O–H groups in total. The Hall–Kier alpha value is -2.17. The summed E-state index contributed by atoms with van der Waals surface area (Å²) in [5, 5.41) is 1.39. The number of pyridine rings is 1. The first kappa shape index (κ1) is 20.7. The molecule has 0 spiro atoms. The first-order valence-electron chi connectivity index (χ1n) is 12.0. The molecule has 4 nitrogen and oxygen atoms in total. The average Bonchev–Trinajstić information content (AvgIpc) is 3.19. The summed E-state index contributed by atoms with van der Waals surface area (Å²) in [4.78, 5) is 10.8. The molecule has 0 bridgehead atoms. The third kappa shape index (κ3) is 4.16. The summed E-state index contributed by atoms with van der Waals surface area (Å²) in [5.74, 6) is 1.13. The summed E-state index contributed by atoms with van der Waals surface area (Å²) in [5.41, 5.74) is 7.74. The van der Waals surface area contributed by atoms with Gasteiger partial charge >= 0.3 is 0 Å². The number of aromatic amines is 1. The average molecular weight is 418 g/mol. The Bertz CT molecular complexity index is 1040. The lowest BCUT2D eigenvalue weighted by atomic mass is 9.86. The van der Waals surface area contributed by atoms with Crippen molar-refractivity contribution in [1.82, 2.24) is 14.9 Å². The molecule has 4 heterocycles. The van der Waals surface area contributed by atoms with Gasteiger partial charge in [0.05, 0.1) is 5.69 Å². The standard InChI is InChI=1S/C27H35N3O/c1-18(2)26-24-17-21(20-7-12-30(13-8-20)23-9-14-31-15-10-23)4-5-25(24)29-27(26)22-6-11-28-19(3)16-22/h4-6,11,16-18,20,23,29H,7-10,12-15H2,1-3H3. The molecule has 0 unspecified atom stereocenters. The Labute approximate surface area is 186 Å². The van der Waals surface area contributed by atoms with Gasteiger partial charge < -0.3 is 14.6 Å². The van der Waals surface area contributed by atoms with Gasteiger partial charge in [0.1, 0.15) is 0 Å². The number of nitrogens with one attached hydrogen (secondary N) is 1. The van der Waals surface area contributed by atoms with Crippen molar-refractivity contribution in [2.45, 2.75) is 64.3 Å². The zero-order valence-corrected chi connectivity index (χ0v) is 19.2. The molecule has 2 aliphatic heterocycles. The van der Waals surface area contributed by atoms with Crippen LogP contribution in [0.15, 0.2) is 36.5 Å². The van der Waals surface area contributed by atoms with Crippen LogP contribution < -0.4 is 0 Å². The van der Waals surface area contributed by atoms with Crippen molar-refractivity contribution in [3.05, 3.63) is 53.3 Å². The van der Waals surface area contributed by atoms with Crippen molar-refractivity contribution in [1.29, 1.82) is 0 Å². The Kier molecular flexibility index (Phi) is 5.85. The van der Waals surface area contributed by atoms with Crippen LogP contribution in [-0.2, 0) is 4.74 Å². The number of benzene rings is 1. The summed E-state index contributed by atoms with van der Waals surface area (Å²) in [6.45, 7) is 11.0. The monoisotopic (exact) mass is 417 g/mol. The lowest BCUT2D eigenvalue weighted by molar-refractivity contribution is 0.0252. The van der Waals surface area contributed by atoms with Crippen molar-refractivity contribution < 1.29 is 4.74 Å². The molecular formula is C27H35N3O. The summed E-state index contributed by atoms with van der Waals surface area (Å²) in [6.07, 6.45) is 6.85. The Morgan fingerprint density at radius 3 is 2.52 bits per heavy atom. The second kappa shape index (κ2) is 8.76. The van der Waals surface area contributed by atoms with E-state index < -0.39 is 0 Å². The molecule has 2 saturated heterocycles. The number of piperidine rings is 1. The van der Waals surface area contributed by atoms with E-state index in [0.29, 0.717) is 11.8 Å². The lowest BCUT2D eigenvalue weighted by Crippen LogP contribution is -2.43. The van der Waals surface area contributed by atoms with Crippen LogP contribution in [0, 0.1) is 6.92 Å². The maximum absolute atomic E-state index is 5.56. The number of likely N-dealkylation sites (tertiary alicyclic amines) is 1. The molecule has 2 aliphatic rings. The summed E-state index contributed by atoms with van der Waals surface area (Å²) in [6, 6.07) is 12.2. The van der Waals surface area contributed by atoms with Crippen LogP contribution in [-0.4, -0.2) is 47.2 Å². The summed E-state index contributed by atoms with van der Waals surface area (Å²) in [7, 11) is 0. The van der Waals surface area contributed by atoms with Gasteiger partial charge in [-0.3, -0.25) is 4.98 Å². The van der Waals surface area contributed by atoms with E-state index in [1.165, 1.54) is 72.1 Å². The van der Waals surface area contributed by atoms with Crippen molar-refractivity contribution in [3.8, 4) is 11.3 Å². The van der Waals surface area contributed by atoms with Gasteiger partial charge in [-0.05, 0) is 92.9 Å². The molecule has 0 aliphatic carbocycles. The zero-order valence-electron chi connectivity index (χ0n) is 19.2. The molecule has 0 radical (unpaired) electrons. The number of nitrogens with zero attached hydrogens (tertiary/aromatic N) is 2. The smallest absolute Gasteiger partial charge is 0.0501 e. The molecule has 0 saturated carbocycles. The van der Waals surface area contributed by atoms with E-state index in [-0.39, 0.29) is 0 Å². The largest absolute Gasteiger partial charge is 0.381 e. The maximum atomic E-state index is 5.56. The number of hydrogen-bond donors (Lipinski definition) is 1. The summed E-state index contributed by atoms with van der Waals surface area (Å²) < 4.78 is 5.56. The highest BCUT2D eigenvalue weighted by Crippen LogP contribution is 2.38. The number of fused-ring (bicyclic) bond motifs is 1. The van der Waals surface area contributed by atoms with Gasteiger partial charge in [0, 0.05) is 47.6 Å². The number of aromatic nitrogens is 2. The van der Waals surface area contributed by atoms with Crippen molar-refractivity contribution in [3.63, 3.8) is 0 Å². The molecule has 3 aromatic rings. The number of H-pyrrole nitrogens is 1. The van der Waals surface area contributed by atoms with E-state index in [4.69, 9.17) is 4.74 Å². The maximum Gasteiger partial charge on any atom is 0.0501 e. The molecule has 2 fully saturated rings. The van der Waals surface area contributed by atoms with Crippen LogP contribution in [0.3, 0.4) is 0 Å². The third-order valence-electron chi connectivity index (χ3n) is 7.33. The third-order valence-corrected chi connectivity index (χ3v) is 7.33. The topological polar surface area (TPSA) is 41.2 Å². The Morgan fingerprint density at radius 2 is 1.81 bits per heavy atom. The van der Waals surface area contributed by atoms with Crippen LogP contribution in [0.25, 0.3) is 22.2 Å². The van der Waals surface area contributed by atoms with Gasteiger partial charge in [-0.25, -0.2) is 0 Å². The van der Waals surface area contributed by atoms with Crippen LogP contribution >= 0.6 is 0 Å². The van der Waals surface area contributed by atoms with E-state index in [0.717, 1.165) is 24.9 Å². The lowest BCUT2D eigenvalue weighted by Gasteiger charge is -2.39. The second-order valence-corrected chi connectivity index (χ2v) is 9.71. The minimum Gasteiger partial charge on any atom is -0.381 e. The van der Waals surface area contributed by atoms with Gasteiger partial charge in [-0.2, -0.15) is 0 Å².